The maximum atomic E-state index is 6.11. The van der Waals surface area contributed by atoms with E-state index in [4.69, 9.17) is 10.5 Å². The van der Waals surface area contributed by atoms with Crippen LogP contribution in [0.25, 0.3) is 0 Å². The summed E-state index contributed by atoms with van der Waals surface area (Å²) >= 11 is 1.97. The molecule has 5 heteroatoms. The van der Waals surface area contributed by atoms with Gasteiger partial charge in [0.05, 0.1) is 13.2 Å². The number of hydrogen-bond acceptors (Lipinski definition) is 3. The minimum atomic E-state index is 0.577. The molecule has 1 heterocycles. The van der Waals surface area contributed by atoms with Gasteiger partial charge in [0.25, 0.3) is 0 Å². The Balaban J connectivity index is 1.93. The molecular formula is C17H27N3OS. The van der Waals surface area contributed by atoms with E-state index in [9.17, 15) is 0 Å². The summed E-state index contributed by atoms with van der Waals surface area (Å²) in [5, 5.41) is 0. The van der Waals surface area contributed by atoms with Crippen molar-refractivity contribution in [3.63, 3.8) is 0 Å². The summed E-state index contributed by atoms with van der Waals surface area (Å²) in [7, 11) is 0. The van der Waals surface area contributed by atoms with Gasteiger partial charge in [-0.1, -0.05) is 32.0 Å². The smallest absolute Gasteiger partial charge is 0.191 e. The number of aliphatic imine (C=N–C) groups is 1. The van der Waals surface area contributed by atoms with Gasteiger partial charge in [-0.2, -0.15) is 11.8 Å². The van der Waals surface area contributed by atoms with Gasteiger partial charge in [0.2, 0.25) is 0 Å². The zero-order valence-corrected chi connectivity index (χ0v) is 14.4. The summed E-state index contributed by atoms with van der Waals surface area (Å²) in [5.74, 6) is 4.49. The summed E-state index contributed by atoms with van der Waals surface area (Å²) < 4.78 is 5.90. The molecule has 0 radical (unpaired) electrons. The Labute approximate surface area is 138 Å². The van der Waals surface area contributed by atoms with Crippen LogP contribution in [0.4, 0.5) is 0 Å². The number of nitrogens with two attached hydrogens (primary N) is 1. The first kappa shape index (κ1) is 17.0. The number of benzene rings is 1. The summed E-state index contributed by atoms with van der Waals surface area (Å²) in [6, 6.07) is 8.10. The molecule has 0 bridgehead atoms. The predicted molar refractivity (Wildman–Crippen MR) is 95.6 cm³/mol. The molecule has 1 aromatic carbocycles. The Morgan fingerprint density at radius 1 is 1.32 bits per heavy atom. The molecular weight excluding hydrogens is 294 g/mol. The third-order valence-corrected chi connectivity index (χ3v) is 4.61. The van der Waals surface area contributed by atoms with Crippen LogP contribution in [0.2, 0.25) is 0 Å². The minimum Gasteiger partial charge on any atom is -0.493 e. The van der Waals surface area contributed by atoms with Gasteiger partial charge in [0.1, 0.15) is 5.75 Å². The van der Waals surface area contributed by atoms with Crippen molar-refractivity contribution in [1.29, 1.82) is 0 Å². The molecule has 22 heavy (non-hydrogen) atoms. The average molecular weight is 321 g/mol. The van der Waals surface area contributed by atoms with Gasteiger partial charge in [-0.15, -0.1) is 0 Å². The van der Waals surface area contributed by atoms with Gasteiger partial charge in [0, 0.05) is 30.2 Å². The molecule has 4 nitrogen and oxygen atoms in total. The van der Waals surface area contributed by atoms with E-state index in [1.165, 1.54) is 0 Å². The van der Waals surface area contributed by atoms with Crippen LogP contribution in [0.5, 0.6) is 5.75 Å². The number of nitrogens with zero attached hydrogens (tertiary/aromatic N) is 2. The standard InChI is InChI=1S/C17H27N3OS/c1-14(2)7-10-21-16-6-4-3-5-15(16)13-19-17(18)20-8-11-22-12-9-20/h3-6,14H,7-13H2,1-2H3,(H2,18,19). The molecule has 2 rings (SSSR count). The van der Waals surface area contributed by atoms with E-state index in [0.29, 0.717) is 18.4 Å². The van der Waals surface area contributed by atoms with Crippen molar-refractivity contribution < 1.29 is 4.74 Å². The summed E-state index contributed by atoms with van der Waals surface area (Å²) in [6.45, 7) is 7.72. The molecule has 0 saturated carbocycles. The number of para-hydroxylation sites is 1. The second kappa shape index (κ2) is 8.93. The fraction of sp³-hybridized carbons (Fsp3) is 0.588. The normalized spacial score (nSPS) is 16.1. The van der Waals surface area contributed by atoms with Crippen molar-refractivity contribution >= 4 is 17.7 Å². The molecule has 1 fully saturated rings. The molecule has 0 aromatic heterocycles. The van der Waals surface area contributed by atoms with E-state index < -0.39 is 0 Å². The van der Waals surface area contributed by atoms with Gasteiger partial charge >= 0.3 is 0 Å². The molecule has 1 aliphatic rings. The topological polar surface area (TPSA) is 50.9 Å². The molecule has 0 aliphatic carbocycles. The molecule has 0 spiro atoms. The highest BCUT2D eigenvalue weighted by atomic mass is 32.2. The third kappa shape index (κ3) is 5.44. The molecule has 2 N–H and O–H groups in total. The highest BCUT2D eigenvalue weighted by Crippen LogP contribution is 2.20. The van der Waals surface area contributed by atoms with Crippen molar-refractivity contribution in [2.75, 3.05) is 31.2 Å². The van der Waals surface area contributed by atoms with Gasteiger partial charge < -0.3 is 15.4 Å². The largest absolute Gasteiger partial charge is 0.493 e. The minimum absolute atomic E-state index is 0.577. The fourth-order valence-electron chi connectivity index (χ4n) is 2.24. The summed E-state index contributed by atoms with van der Waals surface area (Å²) in [5.41, 5.74) is 7.21. The first-order valence-electron chi connectivity index (χ1n) is 8.00. The number of hydrogen-bond donors (Lipinski definition) is 1. The van der Waals surface area contributed by atoms with E-state index in [1.807, 2.05) is 30.0 Å². The van der Waals surface area contributed by atoms with Crippen LogP contribution in [0.1, 0.15) is 25.8 Å². The fourth-order valence-corrected chi connectivity index (χ4v) is 3.14. The van der Waals surface area contributed by atoms with Crippen molar-refractivity contribution in [2.24, 2.45) is 16.6 Å². The van der Waals surface area contributed by atoms with Crippen molar-refractivity contribution in [3.05, 3.63) is 29.8 Å². The Kier molecular flexibility index (Phi) is 6.90. The second-order valence-corrected chi connectivity index (χ2v) is 7.14. The zero-order valence-electron chi connectivity index (χ0n) is 13.6. The van der Waals surface area contributed by atoms with Crippen LogP contribution < -0.4 is 10.5 Å². The van der Waals surface area contributed by atoms with E-state index in [-0.39, 0.29) is 0 Å². The quantitative estimate of drug-likeness (QED) is 0.646. The lowest BCUT2D eigenvalue weighted by Crippen LogP contribution is -2.42. The SMILES string of the molecule is CC(C)CCOc1ccccc1CN=C(N)N1CCSCC1. The van der Waals surface area contributed by atoms with Crippen molar-refractivity contribution in [3.8, 4) is 5.75 Å². The van der Waals surface area contributed by atoms with E-state index in [1.54, 1.807) is 0 Å². The monoisotopic (exact) mass is 321 g/mol. The number of guanidine groups is 1. The lowest BCUT2D eigenvalue weighted by molar-refractivity contribution is 0.287. The number of thioether (sulfide) groups is 1. The molecule has 0 amide bonds. The van der Waals surface area contributed by atoms with Crippen LogP contribution >= 0.6 is 11.8 Å². The highest BCUT2D eigenvalue weighted by molar-refractivity contribution is 7.99. The maximum absolute atomic E-state index is 6.11. The zero-order chi connectivity index (χ0) is 15.8. The number of ether oxygens (including phenoxy) is 1. The lowest BCUT2D eigenvalue weighted by Gasteiger charge is -2.27. The van der Waals surface area contributed by atoms with Gasteiger partial charge in [-0.25, -0.2) is 4.99 Å². The van der Waals surface area contributed by atoms with Crippen LogP contribution in [0, 0.1) is 5.92 Å². The van der Waals surface area contributed by atoms with Gasteiger partial charge in [-0.05, 0) is 18.4 Å². The lowest BCUT2D eigenvalue weighted by atomic mass is 10.1. The van der Waals surface area contributed by atoms with Crippen LogP contribution in [-0.2, 0) is 6.54 Å². The van der Waals surface area contributed by atoms with Gasteiger partial charge in [0.15, 0.2) is 5.96 Å². The predicted octanol–water partition coefficient (Wildman–Crippen LogP) is 2.98. The molecule has 0 atom stereocenters. The van der Waals surface area contributed by atoms with Crippen molar-refractivity contribution in [2.45, 2.75) is 26.8 Å². The summed E-state index contributed by atoms with van der Waals surface area (Å²) in [6.07, 6.45) is 1.06. The Morgan fingerprint density at radius 3 is 2.77 bits per heavy atom. The Bertz CT molecular complexity index is 485. The first-order chi connectivity index (χ1) is 10.7. The molecule has 1 aromatic rings. The molecule has 0 unspecified atom stereocenters. The molecule has 1 saturated heterocycles. The van der Waals surface area contributed by atoms with E-state index in [2.05, 4.69) is 29.8 Å². The summed E-state index contributed by atoms with van der Waals surface area (Å²) in [4.78, 5) is 6.72. The average Bonchev–Trinajstić information content (AvgIpc) is 2.54. The number of rotatable bonds is 6. The first-order valence-corrected chi connectivity index (χ1v) is 9.15. The molecule has 122 valence electrons. The van der Waals surface area contributed by atoms with Crippen LogP contribution in [0.15, 0.2) is 29.3 Å². The molecule has 1 aliphatic heterocycles. The Morgan fingerprint density at radius 2 is 2.05 bits per heavy atom. The highest BCUT2D eigenvalue weighted by Gasteiger charge is 2.12. The van der Waals surface area contributed by atoms with E-state index >= 15 is 0 Å². The van der Waals surface area contributed by atoms with E-state index in [0.717, 1.165) is 48.9 Å². The van der Waals surface area contributed by atoms with Crippen molar-refractivity contribution in [1.82, 2.24) is 4.90 Å². The van der Waals surface area contributed by atoms with Crippen LogP contribution in [0.3, 0.4) is 0 Å². The van der Waals surface area contributed by atoms with Gasteiger partial charge in [-0.3, -0.25) is 0 Å². The second-order valence-electron chi connectivity index (χ2n) is 5.91. The van der Waals surface area contributed by atoms with Crippen LogP contribution in [-0.4, -0.2) is 42.1 Å². The maximum Gasteiger partial charge on any atom is 0.191 e. The Hall–Kier alpha value is -1.36. The third-order valence-electron chi connectivity index (χ3n) is 3.67.